The summed E-state index contributed by atoms with van der Waals surface area (Å²) in [6.07, 6.45) is 1.05. The standard InChI is InChI=1S/C12H16FNO/c1-3-10-12(14-4-2)9-6-5-8(13)7-11(9)15-10/h5-7,10,12,14H,3-4H2,1-2H3. The third-order valence-corrected chi connectivity index (χ3v) is 2.79. The van der Waals surface area contributed by atoms with Crippen molar-refractivity contribution in [2.24, 2.45) is 0 Å². The van der Waals surface area contributed by atoms with Gasteiger partial charge in [0.1, 0.15) is 17.7 Å². The summed E-state index contributed by atoms with van der Waals surface area (Å²) in [7, 11) is 0. The molecule has 1 heterocycles. The van der Waals surface area contributed by atoms with Crippen LogP contribution in [0.3, 0.4) is 0 Å². The molecular weight excluding hydrogens is 193 g/mol. The number of hydrogen-bond donors (Lipinski definition) is 1. The Bertz CT molecular complexity index is 353. The van der Waals surface area contributed by atoms with Gasteiger partial charge in [0, 0.05) is 11.6 Å². The van der Waals surface area contributed by atoms with Crippen molar-refractivity contribution in [3.8, 4) is 5.75 Å². The van der Waals surface area contributed by atoms with Gasteiger partial charge in [-0.25, -0.2) is 4.39 Å². The van der Waals surface area contributed by atoms with E-state index in [9.17, 15) is 4.39 Å². The van der Waals surface area contributed by atoms with Gasteiger partial charge in [0.05, 0.1) is 6.04 Å². The second-order valence-electron chi connectivity index (χ2n) is 3.78. The molecule has 0 amide bonds. The maximum absolute atomic E-state index is 13.0. The van der Waals surface area contributed by atoms with Crippen molar-refractivity contribution in [3.05, 3.63) is 29.6 Å². The summed E-state index contributed by atoms with van der Waals surface area (Å²) in [4.78, 5) is 0. The molecule has 3 heteroatoms. The first kappa shape index (κ1) is 10.4. The van der Waals surface area contributed by atoms with Crippen LogP contribution in [0.5, 0.6) is 5.75 Å². The lowest BCUT2D eigenvalue weighted by Gasteiger charge is -2.17. The molecule has 1 N–H and O–H groups in total. The summed E-state index contributed by atoms with van der Waals surface area (Å²) >= 11 is 0. The fourth-order valence-corrected chi connectivity index (χ4v) is 2.08. The summed E-state index contributed by atoms with van der Waals surface area (Å²) in [5.41, 5.74) is 1.07. The van der Waals surface area contributed by atoms with E-state index in [1.165, 1.54) is 12.1 Å². The predicted octanol–water partition coefficient (Wildman–Crippen LogP) is 2.65. The highest BCUT2D eigenvalue weighted by Crippen LogP contribution is 2.38. The SMILES string of the molecule is CCNC1c2ccc(F)cc2OC1CC. The number of rotatable bonds is 3. The lowest BCUT2D eigenvalue weighted by atomic mass is 10.0. The van der Waals surface area contributed by atoms with Gasteiger partial charge in [0.15, 0.2) is 0 Å². The molecule has 2 nitrogen and oxygen atoms in total. The third-order valence-electron chi connectivity index (χ3n) is 2.79. The van der Waals surface area contributed by atoms with Crippen LogP contribution in [0.25, 0.3) is 0 Å². The average molecular weight is 209 g/mol. The first-order valence-electron chi connectivity index (χ1n) is 5.45. The van der Waals surface area contributed by atoms with Gasteiger partial charge in [0.25, 0.3) is 0 Å². The molecule has 1 aromatic rings. The largest absolute Gasteiger partial charge is 0.488 e. The first-order chi connectivity index (χ1) is 7.26. The van der Waals surface area contributed by atoms with Crippen LogP contribution in [0, 0.1) is 5.82 Å². The van der Waals surface area contributed by atoms with Gasteiger partial charge in [-0.1, -0.05) is 19.9 Å². The van der Waals surface area contributed by atoms with Gasteiger partial charge in [-0.3, -0.25) is 0 Å². The van der Waals surface area contributed by atoms with Gasteiger partial charge >= 0.3 is 0 Å². The minimum absolute atomic E-state index is 0.127. The topological polar surface area (TPSA) is 21.3 Å². The molecule has 1 aliphatic heterocycles. The van der Waals surface area contributed by atoms with Crippen LogP contribution in [-0.4, -0.2) is 12.6 Å². The summed E-state index contributed by atoms with van der Waals surface area (Å²) in [6, 6.07) is 4.98. The highest BCUT2D eigenvalue weighted by Gasteiger charge is 2.32. The normalized spacial score (nSPS) is 23.7. The van der Waals surface area contributed by atoms with E-state index < -0.39 is 0 Å². The van der Waals surface area contributed by atoms with Crippen molar-refractivity contribution in [1.82, 2.24) is 5.32 Å². The van der Waals surface area contributed by atoms with E-state index in [0.29, 0.717) is 5.75 Å². The van der Waals surface area contributed by atoms with E-state index in [2.05, 4.69) is 19.2 Å². The summed E-state index contributed by atoms with van der Waals surface area (Å²) in [5, 5.41) is 3.37. The molecule has 15 heavy (non-hydrogen) atoms. The van der Waals surface area contributed by atoms with Crippen molar-refractivity contribution in [1.29, 1.82) is 0 Å². The lowest BCUT2D eigenvalue weighted by molar-refractivity contribution is 0.186. The third kappa shape index (κ3) is 1.84. The number of benzene rings is 1. The number of nitrogens with one attached hydrogen (secondary N) is 1. The van der Waals surface area contributed by atoms with Gasteiger partial charge < -0.3 is 10.1 Å². The Balaban J connectivity index is 2.31. The molecule has 0 radical (unpaired) electrons. The molecule has 0 aliphatic carbocycles. The molecule has 2 unspecified atom stereocenters. The summed E-state index contributed by atoms with van der Waals surface area (Å²) < 4.78 is 18.7. The number of fused-ring (bicyclic) bond motifs is 1. The van der Waals surface area contributed by atoms with Crippen LogP contribution in [0.2, 0.25) is 0 Å². The second-order valence-corrected chi connectivity index (χ2v) is 3.78. The molecule has 0 fully saturated rings. The molecule has 0 saturated heterocycles. The monoisotopic (exact) mass is 209 g/mol. The molecule has 0 saturated carbocycles. The van der Waals surface area contributed by atoms with E-state index in [-0.39, 0.29) is 18.0 Å². The van der Waals surface area contributed by atoms with Gasteiger partial charge in [-0.15, -0.1) is 0 Å². The van der Waals surface area contributed by atoms with Crippen LogP contribution in [0.15, 0.2) is 18.2 Å². The lowest BCUT2D eigenvalue weighted by Crippen LogP contribution is -2.30. The van der Waals surface area contributed by atoms with E-state index in [1.54, 1.807) is 0 Å². The average Bonchev–Trinajstić information content (AvgIpc) is 2.56. The van der Waals surface area contributed by atoms with E-state index in [4.69, 9.17) is 4.74 Å². The highest BCUT2D eigenvalue weighted by molar-refractivity contribution is 5.41. The minimum atomic E-state index is -0.235. The van der Waals surface area contributed by atoms with E-state index in [0.717, 1.165) is 18.5 Å². The zero-order valence-electron chi connectivity index (χ0n) is 9.09. The van der Waals surface area contributed by atoms with Gasteiger partial charge in [-0.05, 0) is 19.0 Å². The molecule has 0 bridgehead atoms. The minimum Gasteiger partial charge on any atom is -0.488 e. The summed E-state index contributed by atoms with van der Waals surface area (Å²) in [5.74, 6) is 0.452. The van der Waals surface area contributed by atoms with Crippen LogP contribution in [-0.2, 0) is 0 Å². The van der Waals surface area contributed by atoms with Crippen LogP contribution < -0.4 is 10.1 Å². The molecule has 0 spiro atoms. The first-order valence-corrected chi connectivity index (χ1v) is 5.45. The van der Waals surface area contributed by atoms with Crippen LogP contribution in [0.4, 0.5) is 4.39 Å². The number of hydrogen-bond acceptors (Lipinski definition) is 2. The van der Waals surface area contributed by atoms with Crippen molar-refractivity contribution in [2.75, 3.05) is 6.54 Å². The molecule has 1 aliphatic rings. The summed E-state index contributed by atoms with van der Waals surface area (Å²) in [6.45, 7) is 5.03. The van der Waals surface area contributed by atoms with Crippen LogP contribution >= 0.6 is 0 Å². The predicted molar refractivity (Wildman–Crippen MR) is 57.5 cm³/mol. The maximum Gasteiger partial charge on any atom is 0.127 e. The Labute approximate surface area is 89.4 Å². The Hall–Kier alpha value is -1.09. The van der Waals surface area contributed by atoms with E-state index >= 15 is 0 Å². The molecule has 2 rings (SSSR count). The smallest absolute Gasteiger partial charge is 0.127 e. The molecule has 1 aromatic carbocycles. The quantitative estimate of drug-likeness (QED) is 0.826. The van der Waals surface area contributed by atoms with Crippen molar-refractivity contribution >= 4 is 0 Å². The second kappa shape index (κ2) is 4.19. The van der Waals surface area contributed by atoms with Crippen molar-refractivity contribution in [2.45, 2.75) is 32.4 Å². The van der Waals surface area contributed by atoms with Gasteiger partial charge in [0.2, 0.25) is 0 Å². The maximum atomic E-state index is 13.0. The Kier molecular flexibility index (Phi) is 2.91. The molecular formula is C12H16FNO. The Morgan fingerprint density at radius 2 is 2.20 bits per heavy atom. The highest BCUT2D eigenvalue weighted by atomic mass is 19.1. The molecule has 82 valence electrons. The van der Waals surface area contributed by atoms with Gasteiger partial charge in [-0.2, -0.15) is 0 Å². The zero-order valence-corrected chi connectivity index (χ0v) is 9.09. The number of halogens is 1. The molecule has 2 atom stereocenters. The number of likely N-dealkylation sites (N-methyl/N-ethyl adjacent to an activating group) is 1. The molecule has 0 aromatic heterocycles. The fraction of sp³-hybridized carbons (Fsp3) is 0.500. The number of ether oxygens (including phenoxy) is 1. The van der Waals surface area contributed by atoms with E-state index in [1.807, 2.05) is 6.07 Å². The Morgan fingerprint density at radius 1 is 1.40 bits per heavy atom. The van der Waals surface area contributed by atoms with Crippen molar-refractivity contribution < 1.29 is 9.13 Å². The zero-order chi connectivity index (χ0) is 10.8. The van der Waals surface area contributed by atoms with Crippen LogP contribution in [0.1, 0.15) is 31.9 Å². The Morgan fingerprint density at radius 3 is 2.87 bits per heavy atom. The fourth-order valence-electron chi connectivity index (χ4n) is 2.08. The van der Waals surface area contributed by atoms with Crippen molar-refractivity contribution in [3.63, 3.8) is 0 Å².